The fourth-order valence-electron chi connectivity index (χ4n) is 2.37. The summed E-state index contributed by atoms with van der Waals surface area (Å²) < 4.78 is 5.46. The predicted molar refractivity (Wildman–Crippen MR) is 81.3 cm³/mol. The van der Waals surface area contributed by atoms with E-state index in [4.69, 9.17) is 4.42 Å². The first-order valence-electron chi connectivity index (χ1n) is 6.95. The summed E-state index contributed by atoms with van der Waals surface area (Å²) >= 11 is 0. The van der Waals surface area contributed by atoms with Crippen molar-refractivity contribution in [3.05, 3.63) is 58.5 Å². The minimum Gasteiger partial charge on any atom is -0.466 e. The number of aryl methyl sites for hydroxylation is 2. The molecule has 4 nitrogen and oxygen atoms in total. The van der Waals surface area contributed by atoms with Crippen molar-refractivity contribution in [1.29, 1.82) is 0 Å². The number of aliphatic hydroxyl groups is 1. The fourth-order valence-corrected chi connectivity index (χ4v) is 2.37. The number of hydrogen-bond acceptors (Lipinski definition) is 3. The molecule has 1 heterocycles. The normalized spacial score (nSPS) is 13.8. The lowest BCUT2D eigenvalue weighted by molar-refractivity contribution is 0.0526. The Hall–Kier alpha value is -2.07. The van der Waals surface area contributed by atoms with Gasteiger partial charge in [-0.15, -0.1) is 0 Å². The van der Waals surface area contributed by atoms with Gasteiger partial charge in [-0.3, -0.25) is 4.79 Å². The van der Waals surface area contributed by atoms with Crippen molar-refractivity contribution in [3.63, 3.8) is 0 Å². The molecule has 0 spiro atoms. The third kappa shape index (κ3) is 3.16. The molecule has 1 atom stereocenters. The summed E-state index contributed by atoms with van der Waals surface area (Å²) in [5.41, 5.74) is 1.04. The van der Waals surface area contributed by atoms with Crippen molar-refractivity contribution in [3.8, 4) is 0 Å². The molecule has 1 unspecified atom stereocenters. The second kappa shape index (κ2) is 5.74. The first-order chi connectivity index (χ1) is 9.83. The van der Waals surface area contributed by atoms with Crippen molar-refractivity contribution in [2.45, 2.75) is 33.3 Å². The van der Waals surface area contributed by atoms with E-state index in [1.54, 1.807) is 13.8 Å². The Morgan fingerprint density at radius 2 is 1.81 bits per heavy atom. The summed E-state index contributed by atoms with van der Waals surface area (Å²) in [4.78, 5) is 12.3. The van der Waals surface area contributed by atoms with Crippen LogP contribution in [0.3, 0.4) is 0 Å². The van der Waals surface area contributed by atoms with Crippen molar-refractivity contribution < 1.29 is 14.3 Å². The van der Waals surface area contributed by atoms with Gasteiger partial charge in [0.15, 0.2) is 0 Å². The second-order valence-corrected chi connectivity index (χ2v) is 5.54. The highest BCUT2D eigenvalue weighted by Gasteiger charge is 2.25. The van der Waals surface area contributed by atoms with E-state index in [0.717, 1.165) is 16.9 Å². The van der Waals surface area contributed by atoms with E-state index in [1.165, 1.54) is 0 Å². The van der Waals surface area contributed by atoms with Gasteiger partial charge in [-0.05, 0) is 33.3 Å². The number of nitrogens with one attached hydrogen (secondary N) is 1. The first kappa shape index (κ1) is 15.3. The van der Waals surface area contributed by atoms with Crippen LogP contribution in [0.5, 0.6) is 0 Å². The monoisotopic (exact) mass is 287 g/mol. The standard InChI is InChI=1S/C17H21NO3/c1-11-12(2)21-13(3)15(11)16(19)18-10-17(4,20)14-8-6-5-7-9-14/h5-9,20H,10H2,1-4H3,(H,18,19). The molecule has 2 aromatic rings. The highest BCUT2D eigenvalue weighted by atomic mass is 16.3. The van der Waals surface area contributed by atoms with E-state index in [2.05, 4.69) is 5.32 Å². The van der Waals surface area contributed by atoms with E-state index in [-0.39, 0.29) is 12.5 Å². The van der Waals surface area contributed by atoms with Crippen LogP contribution in [0.1, 0.15) is 39.9 Å². The summed E-state index contributed by atoms with van der Waals surface area (Å²) in [5, 5.41) is 13.3. The molecule has 0 aliphatic rings. The average molecular weight is 287 g/mol. The Balaban J connectivity index is 2.11. The molecule has 1 aromatic heterocycles. The zero-order chi connectivity index (χ0) is 15.6. The van der Waals surface area contributed by atoms with E-state index in [0.29, 0.717) is 11.3 Å². The van der Waals surface area contributed by atoms with Gasteiger partial charge in [-0.25, -0.2) is 0 Å². The van der Waals surface area contributed by atoms with Gasteiger partial charge in [0.05, 0.1) is 12.1 Å². The molecule has 0 saturated carbocycles. The molecule has 1 aromatic carbocycles. The Labute approximate surface area is 124 Å². The average Bonchev–Trinajstić information content (AvgIpc) is 2.71. The van der Waals surface area contributed by atoms with Crippen LogP contribution in [-0.4, -0.2) is 17.6 Å². The summed E-state index contributed by atoms with van der Waals surface area (Å²) in [5.74, 6) is 1.12. The molecule has 0 saturated heterocycles. The molecule has 0 radical (unpaired) electrons. The lowest BCUT2D eigenvalue weighted by atomic mass is 9.96. The van der Waals surface area contributed by atoms with Crippen LogP contribution in [0, 0.1) is 20.8 Å². The van der Waals surface area contributed by atoms with Gasteiger partial charge < -0.3 is 14.8 Å². The number of rotatable bonds is 4. The highest BCUT2D eigenvalue weighted by molar-refractivity contribution is 5.96. The van der Waals surface area contributed by atoms with Crippen LogP contribution in [-0.2, 0) is 5.60 Å². The van der Waals surface area contributed by atoms with Gasteiger partial charge >= 0.3 is 0 Å². The topological polar surface area (TPSA) is 62.5 Å². The highest BCUT2D eigenvalue weighted by Crippen LogP contribution is 2.22. The van der Waals surface area contributed by atoms with Gasteiger partial charge in [0.2, 0.25) is 0 Å². The molecule has 0 aliphatic carbocycles. The number of carbonyl (C=O) groups excluding carboxylic acids is 1. The largest absolute Gasteiger partial charge is 0.466 e. The molecule has 1 amide bonds. The molecule has 2 N–H and O–H groups in total. The van der Waals surface area contributed by atoms with Crippen LogP contribution in [0.25, 0.3) is 0 Å². The van der Waals surface area contributed by atoms with Crippen LogP contribution in [0.2, 0.25) is 0 Å². The summed E-state index contributed by atoms with van der Waals surface area (Å²) in [6.07, 6.45) is 0. The van der Waals surface area contributed by atoms with E-state index in [1.807, 2.05) is 44.2 Å². The third-order valence-corrected chi connectivity index (χ3v) is 3.78. The van der Waals surface area contributed by atoms with E-state index >= 15 is 0 Å². The minimum absolute atomic E-state index is 0.138. The zero-order valence-electron chi connectivity index (χ0n) is 12.9. The number of hydrogen-bond donors (Lipinski definition) is 2. The molecule has 4 heteroatoms. The molecule has 21 heavy (non-hydrogen) atoms. The zero-order valence-corrected chi connectivity index (χ0v) is 12.9. The molecule has 112 valence electrons. The number of carbonyl (C=O) groups is 1. The fraction of sp³-hybridized carbons (Fsp3) is 0.353. The number of furan rings is 1. The quantitative estimate of drug-likeness (QED) is 0.909. The van der Waals surface area contributed by atoms with Crippen LogP contribution in [0.15, 0.2) is 34.7 Å². The van der Waals surface area contributed by atoms with Crippen molar-refractivity contribution in [2.24, 2.45) is 0 Å². The Morgan fingerprint density at radius 1 is 1.19 bits per heavy atom. The van der Waals surface area contributed by atoms with Crippen molar-refractivity contribution in [1.82, 2.24) is 5.32 Å². The molecular weight excluding hydrogens is 266 g/mol. The summed E-state index contributed by atoms with van der Waals surface area (Å²) in [7, 11) is 0. The van der Waals surface area contributed by atoms with Gasteiger partial charge in [-0.2, -0.15) is 0 Å². The Kier molecular flexibility index (Phi) is 4.19. The van der Waals surface area contributed by atoms with Crippen LogP contribution < -0.4 is 5.32 Å². The maximum absolute atomic E-state index is 12.3. The minimum atomic E-state index is -1.11. The lowest BCUT2D eigenvalue weighted by Gasteiger charge is -2.24. The number of benzene rings is 1. The molecule has 2 rings (SSSR count). The maximum Gasteiger partial charge on any atom is 0.255 e. The molecule has 0 bridgehead atoms. The maximum atomic E-state index is 12.3. The first-order valence-corrected chi connectivity index (χ1v) is 6.95. The van der Waals surface area contributed by atoms with Crippen LogP contribution >= 0.6 is 0 Å². The van der Waals surface area contributed by atoms with Crippen molar-refractivity contribution in [2.75, 3.05) is 6.54 Å². The van der Waals surface area contributed by atoms with Crippen LogP contribution in [0.4, 0.5) is 0 Å². The van der Waals surface area contributed by atoms with Gasteiger partial charge in [0.25, 0.3) is 5.91 Å². The van der Waals surface area contributed by atoms with Gasteiger partial charge in [-0.1, -0.05) is 30.3 Å². The Morgan fingerprint density at radius 3 is 2.33 bits per heavy atom. The molecular formula is C17H21NO3. The van der Waals surface area contributed by atoms with Crippen molar-refractivity contribution >= 4 is 5.91 Å². The summed E-state index contributed by atoms with van der Waals surface area (Å²) in [6.45, 7) is 7.28. The van der Waals surface area contributed by atoms with Gasteiger partial charge in [0.1, 0.15) is 17.1 Å². The second-order valence-electron chi connectivity index (χ2n) is 5.54. The van der Waals surface area contributed by atoms with Gasteiger partial charge in [0, 0.05) is 5.56 Å². The SMILES string of the molecule is Cc1oc(C)c(C(=O)NCC(C)(O)c2ccccc2)c1C. The Bertz CT molecular complexity index is 642. The smallest absolute Gasteiger partial charge is 0.255 e. The molecule has 0 fully saturated rings. The molecule has 0 aliphatic heterocycles. The van der Waals surface area contributed by atoms with E-state index in [9.17, 15) is 9.90 Å². The lowest BCUT2D eigenvalue weighted by Crippen LogP contribution is -2.38. The predicted octanol–water partition coefficient (Wildman–Crippen LogP) is 2.84. The third-order valence-electron chi connectivity index (χ3n) is 3.78. The summed E-state index contributed by atoms with van der Waals surface area (Å²) in [6, 6.07) is 9.28. The van der Waals surface area contributed by atoms with E-state index < -0.39 is 5.60 Å². The number of amides is 1.